The number of rotatable bonds is 16. The summed E-state index contributed by atoms with van der Waals surface area (Å²) in [4.78, 5) is 4.66. The summed E-state index contributed by atoms with van der Waals surface area (Å²) in [7, 11) is 0. The fraction of sp³-hybridized carbons (Fsp3) is 0. The summed E-state index contributed by atoms with van der Waals surface area (Å²) >= 11 is 1.86. The number of aromatic nitrogens is 2. The first-order chi connectivity index (χ1) is 63.2. The highest BCUT2D eigenvalue weighted by Gasteiger charge is 2.22. The smallest absolute Gasteiger partial charge is 0.143 e. The van der Waals surface area contributed by atoms with Crippen LogP contribution in [0.15, 0.2) is 478 Å². The maximum absolute atomic E-state index is 14.0. The maximum atomic E-state index is 14.0. The number of anilines is 6. The zero-order valence-corrected chi connectivity index (χ0v) is 70.2. The minimum absolute atomic E-state index is 0.242. The van der Waals surface area contributed by atoms with Crippen molar-refractivity contribution in [1.29, 1.82) is 0 Å². The van der Waals surface area contributed by atoms with Gasteiger partial charge in [-0.25, -0.2) is 8.78 Å². The number of hydrogen-bond donors (Lipinski definition) is 0. The van der Waals surface area contributed by atoms with Gasteiger partial charge in [0.2, 0.25) is 0 Å². The standard InChI is InChI=1S/C60H39FN2O.C60H39FN2S/c2*61-47-27-35-51(36-28-47)63-57-18-6-4-14-53(57)56-39-46(26-37-58(56)63)42-22-31-49(32-23-42)62(48-29-20-41(21-30-48)45-13-8-12-44(38-45)40-10-2-1-3-11-40)50-33-24-43(25-34-50)52-16-9-17-55-54-15-5-7-19-59(54)64-60(52)55/h2*1-39H. The average Bonchev–Trinajstić information content (AvgIpc) is 1.58. The van der Waals surface area contributed by atoms with Crippen molar-refractivity contribution in [2.45, 2.75) is 0 Å². The lowest BCUT2D eigenvalue weighted by atomic mass is 9.98. The first kappa shape index (κ1) is 76.4. The SMILES string of the molecule is Fc1ccc(-n2c3ccccc3c3cc(-c4ccc(N(c5ccc(-c6cccc(-c7ccccc7)c6)cc5)c5ccc(-c6cccc7c6oc6ccccc67)cc5)cc4)ccc32)cc1.Fc1ccc(-n2c3ccccc3c3cc(-c4ccc(N(c5ccc(-c6cccc(-c7ccccc7)c6)cc5)c5ccc(-c6cccc7c6sc6ccccc67)cc5)cc4)ccc32)cc1. The second-order valence-corrected chi connectivity index (χ2v) is 33.6. The molecule has 0 unspecified atom stereocenters. The van der Waals surface area contributed by atoms with Crippen LogP contribution in [0.25, 0.3) is 186 Å². The fourth-order valence-corrected chi connectivity index (χ4v) is 19.9. The molecule has 0 N–H and O–H groups in total. The third kappa shape index (κ3) is 14.2. The Morgan fingerprint density at radius 2 is 0.508 bits per heavy atom. The van der Waals surface area contributed by atoms with Crippen LogP contribution in [0.1, 0.15) is 0 Å². The summed E-state index contributed by atoms with van der Waals surface area (Å²) in [6.07, 6.45) is 0. The predicted molar refractivity (Wildman–Crippen MR) is 534 cm³/mol. The lowest BCUT2D eigenvalue weighted by Crippen LogP contribution is -2.09. The monoisotopic (exact) mass is 1660 g/mol. The quantitative estimate of drug-likeness (QED) is 0.0966. The Bertz CT molecular complexity index is 7780. The van der Waals surface area contributed by atoms with E-state index in [9.17, 15) is 8.78 Å². The van der Waals surface area contributed by atoms with Gasteiger partial charge in [-0.05, 0) is 265 Å². The van der Waals surface area contributed by atoms with E-state index in [1.165, 1.54) is 94.5 Å². The summed E-state index contributed by atoms with van der Waals surface area (Å²) in [5, 5.41) is 9.47. The zero-order chi connectivity index (χ0) is 85.1. The van der Waals surface area contributed by atoms with Crippen molar-refractivity contribution >= 4 is 131 Å². The molecule has 0 atom stereocenters. The Kier molecular flexibility index (Phi) is 19.5. The Balaban J connectivity index is 0.000000146. The van der Waals surface area contributed by atoms with Gasteiger partial charge < -0.3 is 23.4 Å². The number of hydrogen-bond acceptors (Lipinski definition) is 4. The van der Waals surface area contributed by atoms with Crippen molar-refractivity contribution < 1.29 is 13.2 Å². The Morgan fingerprint density at radius 1 is 0.203 bits per heavy atom. The van der Waals surface area contributed by atoms with E-state index in [4.69, 9.17) is 4.42 Å². The van der Waals surface area contributed by atoms with Crippen LogP contribution in [-0.4, -0.2) is 9.13 Å². The predicted octanol–water partition coefficient (Wildman–Crippen LogP) is 34.4. The van der Waals surface area contributed by atoms with E-state index in [1.54, 1.807) is 0 Å². The molecule has 604 valence electrons. The van der Waals surface area contributed by atoms with Crippen molar-refractivity contribution in [3.8, 4) is 100 Å². The molecule has 0 saturated carbocycles. The van der Waals surface area contributed by atoms with Crippen LogP contribution in [-0.2, 0) is 0 Å². The molecule has 4 aromatic heterocycles. The van der Waals surface area contributed by atoms with Crippen LogP contribution in [0.4, 0.5) is 42.9 Å². The number of benzene rings is 20. The van der Waals surface area contributed by atoms with Crippen LogP contribution >= 0.6 is 11.3 Å². The van der Waals surface area contributed by atoms with Gasteiger partial charge in [0.25, 0.3) is 0 Å². The first-order valence-electron chi connectivity index (χ1n) is 43.2. The van der Waals surface area contributed by atoms with Crippen molar-refractivity contribution in [3.05, 3.63) is 485 Å². The zero-order valence-electron chi connectivity index (χ0n) is 69.4. The van der Waals surface area contributed by atoms with Gasteiger partial charge in [-0.1, -0.05) is 291 Å². The molecule has 0 aliphatic heterocycles. The Labute approximate surface area is 743 Å². The highest BCUT2D eigenvalue weighted by atomic mass is 32.1. The average molecular weight is 1660 g/mol. The highest BCUT2D eigenvalue weighted by Crippen LogP contribution is 2.47. The topological polar surface area (TPSA) is 29.5 Å². The molecule has 4 heterocycles. The number of halogens is 2. The van der Waals surface area contributed by atoms with Gasteiger partial charge in [0.15, 0.2) is 0 Å². The molecule has 24 rings (SSSR count). The highest BCUT2D eigenvalue weighted by molar-refractivity contribution is 7.26. The van der Waals surface area contributed by atoms with Crippen LogP contribution in [0.2, 0.25) is 0 Å². The van der Waals surface area contributed by atoms with Gasteiger partial charge >= 0.3 is 0 Å². The molecular weight excluding hydrogens is 1580 g/mol. The van der Waals surface area contributed by atoms with Gasteiger partial charge in [-0.15, -0.1) is 11.3 Å². The van der Waals surface area contributed by atoms with Gasteiger partial charge in [0, 0.05) is 104 Å². The van der Waals surface area contributed by atoms with Crippen molar-refractivity contribution in [1.82, 2.24) is 9.13 Å². The van der Waals surface area contributed by atoms with Crippen molar-refractivity contribution in [2.24, 2.45) is 0 Å². The van der Waals surface area contributed by atoms with Crippen molar-refractivity contribution in [2.75, 3.05) is 9.80 Å². The molecule has 0 saturated heterocycles. The summed E-state index contributed by atoms with van der Waals surface area (Å²) < 4.78 is 41.4. The summed E-state index contributed by atoms with van der Waals surface area (Å²) in [5.41, 5.74) is 32.9. The van der Waals surface area contributed by atoms with Gasteiger partial charge in [-0.3, -0.25) is 0 Å². The van der Waals surface area contributed by atoms with E-state index in [0.717, 1.165) is 150 Å². The molecule has 8 heteroatoms. The molecule has 128 heavy (non-hydrogen) atoms. The molecule has 5 nitrogen and oxygen atoms in total. The Morgan fingerprint density at radius 3 is 0.945 bits per heavy atom. The molecule has 24 aromatic rings. The van der Waals surface area contributed by atoms with Gasteiger partial charge in [0.05, 0.1) is 22.1 Å². The molecular formula is C120H78F2N4OS. The van der Waals surface area contributed by atoms with Crippen LogP contribution in [0.5, 0.6) is 0 Å². The molecule has 0 aliphatic carbocycles. The first-order valence-corrected chi connectivity index (χ1v) is 44.0. The van der Waals surface area contributed by atoms with E-state index in [-0.39, 0.29) is 11.6 Å². The molecule has 0 radical (unpaired) electrons. The Hall–Kier alpha value is -16.5. The minimum Gasteiger partial charge on any atom is -0.455 e. The molecule has 0 amide bonds. The van der Waals surface area contributed by atoms with E-state index in [0.29, 0.717) is 0 Å². The summed E-state index contributed by atoms with van der Waals surface area (Å²) in [5.74, 6) is -0.488. The second kappa shape index (κ2) is 32.6. The van der Waals surface area contributed by atoms with Crippen LogP contribution in [0, 0.1) is 11.6 Å². The third-order valence-corrected chi connectivity index (χ3v) is 26.2. The largest absolute Gasteiger partial charge is 0.455 e. The van der Waals surface area contributed by atoms with Gasteiger partial charge in [0.1, 0.15) is 22.8 Å². The molecule has 0 bridgehead atoms. The number of para-hydroxylation sites is 4. The van der Waals surface area contributed by atoms with Crippen LogP contribution < -0.4 is 9.80 Å². The molecule has 0 fully saturated rings. The van der Waals surface area contributed by atoms with Gasteiger partial charge in [-0.2, -0.15) is 0 Å². The normalized spacial score (nSPS) is 11.5. The van der Waals surface area contributed by atoms with E-state index in [2.05, 4.69) is 431 Å². The second-order valence-electron chi connectivity index (χ2n) is 32.5. The van der Waals surface area contributed by atoms with E-state index in [1.807, 2.05) is 47.7 Å². The molecule has 20 aromatic carbocycles. The lowest BCUT2D eigenvalue weighted by Gasteiger charge is -2.26. The maximum Gasteiger partial charge on any atom is 0.143 e. The fourth-order valence-electron chi connectivity index (χ4n) is 18.7. The summed E-state index contributed by atoms with van der Waals surface area (Å²) in [6, 6.07) is 165. The van der Waals surface area contributed by atoms with E-state index >= 15 is 0 Å². The molecule has 0 aliphatic rings. The summed E-state index contributed by atoms with van der Waals surface area (Å²) in [6.45, 7) is 0. The van der Waals surface area contributed by atoms with E-state index < -0.39 is 0 Å². The number of nitrogens with zero attached hydrogens (tertiary/aromatic N) is 4. The number of fused-ring (bicyclic) bond motifs is 12. The van der Waals surface area contributed by atoms with Crippen LogP contribution in [0.3, 0.4) is 0 Å². The number of thiophene rings is 1. The van der Waals surface area contributed by atoms with Crippen molar-refractivity contribution in [3.63, 3.8) is 0 Å². The lowest BCUT2D eigenvalue weighted by molar-refractivity contribution is 0.627. The number of furan rings is 1. The minimum atomic E-state index is -0.246. The third-order valence-electron chi connectivity index (χ3n) is 25.0. The molecule has 0 spiro atoms.